The maximum absolute atomic E-state index is 12.9. The lowest BCUT2D eigenvalue weighted by atomic mass is 10.2. The molecule has 1 fully saturated rings. The number of halogens is 1. The molecule has 1 heterocycles. The highest BCUT2D eigenvalue weighted by atomic mass is 32.2. The second kappa shape index (κ2) is 4.68. The number of hydrogen-bond acceptors (Lipinski definition) is 4. The Bertz CT molecular complexity index is 535. The van der Waals surface area contributed by atoms with Crippen molar-refractivity contribution in [2.75, 3.05) is 0 Å². The first kappa shape index (κ1) is 11.6. The van der Waals surface area contributed by atoms with Crippen molar-refractivity contribution in [2.24, 2.45) is 0 Å². The molecular formula is C12H13FN4S. The van der Waals surface area contributed by atoms with Gasteiger partial charge in [-0.05, 0) is 47.9 Å². The van der Waals surface area contributed by atoms with E-state index in [2.05, 4.69) is 22.4 Å². The Morgan fingerprint density at radius 3 is 2.72 bits per heavy atom. The number of rotatable bonds is 4. The zero-order valence-corrected chi connectivity index (χ0v) is 10.8. The molecule has 1 aliphatic rings. The molecule has 0 N–H and O–H groups in total. The van der Waals surface area contributed by atoms with Gasteiger partial charge in [0.25, 0.3) is 0 Å². The Hall–Kier alpha value is -1.43. The molecule has 0 radical (unpaired) electrons. The SMILES string of the molecule is C[C@@H](Sc1nnnn1C1CC1)c1ccc(F)cc1. The van der Waals surface area contributed by atoms with Crippen LogP contribution in [0.15, 0.2) is 29.4 Å². The highest BCUT2D eigenvalue weighted by Gasteiger charge is 2.28. The molecule has 0 amide bonds. The van der Waals surface area contributed by atoms with Crippen molar-refractivity contribution >= 4 is 11.8 Å². The molecule has 1 aromatic heterocycles. The van der Waals surface area contributed by atoms with E-state index in [1.807, 2.05) is 4.68 Å². The van der Waals surface area contributed by atoms with Gasteiger partial charge in [-0.2, -0.15) is 0 Å². The largest absolute Gasteiger partial charge is 0.217 e. The summed E-state index contributed by atoms with van der Waals surface area (Å²) in [6.45, 7) is 2.07. The van der Waals surface area contributed by atoms with Crippen LogP contribution in [0, 0.1) is 5.82 Å². The molecule has 1 atom stereocenters. The Labute approximate surface area is 109 Å². The van der Waals surface area contributed by atoms with Crippen LogP contribution in [-0.4, -0.2) is 20.2 Å². The molecule has 2 aromatic rings. The second-order valence-electron chi connectivity index (χ2n) is 4.45. The van der Waals surface area contributed by atoms with Crippen molar-refractivity contribution in [3.63, 3.8) is 0 Å². The van der Waals surface area contributed by atoms with E-state index in [1.54, 1.807) is 23.9 Å². The molecule has 1 aliphatic carbocycles. The van der Waals surface area contributed by atoms with Gasteiger partial charge in [0.1, 0.15) is 5.82 Å². The summed E-state index contributed by atoms with van der Waals surface area (Å²) in [7, 11) is 0. The van der Waals surface area contributed by atoms with Gasteiger partial charge in [0.15, 0.2) is 0 Å². The lowest BCUT2D eigenvalue weighted by molar-refractivity contribution is 0.565. The summed E-state index contributed by atoms with van der Waals surface area (Å²) in [4.78, 5) is 0. The molecular weight excluding hydrogens is 251 g/mol. The smallest absolute Gasteiger partial charge is 0.210 e. The van der Waals surface area contributed by atoms with Crippen LogP contribution in [0.5, 0.6) is 0 Å². The minimum atomic E-state index is -0.209. The number of hydrogen-bond donors (Lipinski definition) is 0. The van der Waals surface area contributed by atoms with Crippen molar-refractivity contribution in [3.8, 4) is 0 Å². The quantitative estimate of drug-likeness (QED) is 0.796. The van der Waals surface area contributed by atoms with E-state index in [1.165, 1.54) is 12.1 Å². The van der Waals surface area contributed by atoms with Crippen molar-refractivity contribution in [2.45, 2.75) is 36.2 Å². The van der Waals surface area contributed by atoms with Gasteiger partial charge in [-0.1, -0.05) is 23.9 Å². The molecule has 3 rings (SSSR count). The minimum absolute atomic E-state index is 0.203. The van der Waals surface area contributed by atoms with E-state index in [-0.39, 0.29) is 11.1 Å². The monoisotopic (exact) mass is 264 g/mol. The maximum atomic E-state index is 12.9. The zero-order chi connectivity index (χ0) is 12.5. The summed E-state index contributed by atoms with van der Waals surface area (Å²) in [6.07, 6.45) is 2.31. The molecule has 0 bridgehead atoms. The highest BCUT2D eigenvalue weighted by molar-refractivity contribution is 7.99. The van der Waals surface area contributed by atoms with E-state index in [9.17, 15) is 4.39 Å². The summed E-state index contributed by atoms with van der Waals surface area (Å²) in [5, 5.41) is 12.8. The summed E-state index contributed by atoms with van der Waals surface area (Å²) in [5.74, 6) is -0.209. The van der Waals surface area contributed by atoms with Crippen LogP contribution < -0.4 is 0 Å². The Kier molecular flexibility index (Phi) is 3.03. The number of thioether (sulfide) groups is 1. The van der Waals surface area contributed by atoms with Crippen molar-refractivity contribution < 1.29 is 4.39 Å². The third kappa shape index (κ3) is 2.38. The average molecular weight is 264 g/mol. The second-order valence-corrected chi connectivity index (χ2v) is 5.76. The third-order valence-electron chi connectivity index (χ3n) is 2.98. The predicted octanol–water partition coefficient (Wildman–Crippen LogP) is 3.00. The molecule has 4 nitrogen and oxygen atoms in total. The van der Waals surface area contributed by atoms with Crippen LogP contribution in [0.25, 0.3) is 0 Å². The maximum Gasteiger partial charge on any atom is 0.210 e. The summed E-state index contributed by atoms with van der Waals surface area (Å²) >= 11 is 1.61. The first-order valence-electron chi connectivity index (χ1n) is 5.94. The van der Waals surface area contributed by atoms with Gasteiger partial charge in [-0.25, -0.2) is 9.07 Å². The van der Waals surface area contributed by atoms with Gasteiger partial charge in [0, 0.05) is 5.25 Å². The van der Waals surface area contributed by atoms with E-state index in [4.69, 9.17) is 0 Å². The van der Waals surface area contributed by atoms with Gasteiger partial charge in [-0.3, -0.25) is 0 Å². The predicted molar refractivity (Wildman–Crippen MR) is 66.8 cm³/mol. The summed E-state index contributed by atoms with van der Waals surface area (Å²) < 4.78 is 14.8. The van der Waals surface area contributed by atoms with E-state index in [0.29, 0.717) is 6.04 Å². The van der Waals surface area contributed by atoms with Crippen molar-refractivity contribution in [1.29, 1.82) is 0 Å². The first-order chi connectivity index (χ1) is 8.74. The Balaban J connectivity index is 1.75. The van der Waals surface area contributed by atoms with Gasteiger partial charge in [0.2, 0.25) is 5.16 Å². The number of tetrazole rings is 1. The normalized spacial score (nSPS) is 16.8. The van der Waals surface area contributed by atoms with Crippen LogP contribution >= 0.6 is 11.8 Å². The molecule has 0 unspecified atom stereocenters. The van der Waals surface area contributed by atoms with Gasteiger partial charge in [0.05, 0.1) is 6.04 Å². The molecule has 0 spiro atoms. The molecule has 94 valence electrons. The molecule has 1 saturated carbocycles. The highest BCUT2D eigenvalue weighted by Crippen LogP contribution is 2.40. The first-order valence-corrected chi connectivity index (χ1v) is 6.82. The van der Waals surface area contributed by atoms with Gasteiger partial charge in [-0.15, -0.1) is 5.10 Å². The van der Waals surface area contributed by atoms with E-state index < -0.39 is 0 Å². The molecule has 18 heavy (non-hydrogen) atoms. The fourth-order valence-corrected chi connectivity index (χ4v) is 2.76. The van der Waals surface area contributed by atoms with Gasteiger partial charge >= 0.3 is 0 Å². The summed E-state index contributed by atoms with van der Waals surface area (Å²) in [5.41, 5.74) is 1.08. The lowest BCUT2D eigenvalue weighted by Crippen LogP contribution is -2.00. The van der Waals surface area contributed by atoms with E-state index >= 15 is 0 Å². The third-order valence-corrected chi connectivity index (χ3v) is 4.08. The van der Waals surface area contributed by atoms with E-state index in [0.717, 1.165) is 23.6 Å². The Morgan fingerprint density at radius 1 is 1.33 bits per heavy atom. The molecule has 1 aromatic carbocycles. The summed E-state index contributed by atoms with van der Waals surface area (Å²) in [6, 6.07) is 7.05. The standard InChI is InChI=1S/C12H13FN4S/c1-8(9-2-4-10(13)5-3-9)18-12-14-15-16-17(12)11-6-7-11/h2-5,8,11H,6-7H2,1H3/t8-/m1/s1. The lowest BCUT2D eigenvalue weighted by Gasteiger charge is -2.10. The topological polar surface area (TPSA) is 43.6 Å². The van der Waals surface area contributed by atoms with Crippen LogP contribution in [0.2, 0.25) is 0 Å². The van der Waals surface area contributed by atoms with Crippen LogP contribution in [0.3, 0.4) is 0 Å². The van der Waals surface area contributed by atoms with Crippen LogP contribution in [-0.2, 0) is 0 Å². The molecule has 0 aliphatic heterocycles. The number of aromatic nitrogens is 4. The zero-order valence-electron chi connectivity index (χ0n) is 9.95. The number of benzene rings is 1. The fourth-order valence-electron chi connectivity index (χ4n) is 1.77. The van der Waals surface area contributed by atoms with Crippen molar-refractivity contribution in [1.82, 2.24) is 20.2 Å². The van der Waals surface area contributed by atoms with Gasteiger partial charge < -0.3 is 0 Å². The minimum Gasteiger partial charge on any atom is -0.217 e. The average Bonchev–Trinajstić information content (AvgIpc) is 3.11. The fraction of sp³-hybridized carbons (Fsp3) is 0.417. The molecule has 0 saturated heterocycles. The molecule has 6 heteroatoms. The number of nitrogens with zero attached hydrogens (tertiary/aromatic N) is 4. The van der Waals surface area contributed by atoms with Crippen molar-refractivity contribution in [3.05, 3.63) is 35.6 Å². The van der Waals surface area contributed by atoms with Crippen LogP contribution in [0.1, 0.15) is 36.6 Å². The van der Waals surface area contributed by atoms with Crippen LogP contribution in [0.4, 0.5) is 4.39 Å². The Morgan fingerprint density at radius 2 is 2.06 bits per heavy atom.